The van der Waals surface area contributed by atoms with Gasteiger partial charge in [-0.05, 0) is 117 Å². The Morgan fingerprint density at radius 2 is 1.33 bits per heavy atom. The van der Waals surface area contributed by atoms with Gasteiger partial charge < -0.3 is 4.90 Å². The van der Waals surface area contributed by atoms with Crippen LogP contribution < -0.4 is 4.90 Å². The van der Waals surface area contributed by atoms with E-state index in [2.05, 4.69) is 160 Å². The molecule has 2 heterocycles. The van der Waals surface area contributed by atoms with Crippen LogP contribution in [0.5, 0.6) is 0 Å². The molecule has 0 unspecified atom stereocenters. The SMILES string of the molecule is C/C=C\C.C=C/C=C\C=C\c1cc(-c2ccccc2)cc(N(/C=C(/C=N\c2c(C)c3ccccc3n2-c2cc(/C(C)=C/C=C\C=C)cc(/C(C)=C/C=C)n2)C(=C)/C=C\C)CC=C)c1.CC.CC.CC. The lowest BCUT2D eigenvalue weighted by Gasteiger charge is -2.22. The third kappa shape index (κ3) is 18.6. The van der Waals surface area contributed by atoms with E-state index in [0.29, 0.717) is 6.54 Å². The molecule has 5 rings (SSSR count). The van der Waals surface area contributed by atoms with Crippen LogP contribution in [0.4, 0.5) is 11.5 Å². The number of hydrogen-bond acceptors (Lipinski definition) is 3. The molecular weight excluding hydrogens is 837 g/mol. The summed E-state index contributed by atoms with van der Waals surface area (Å²) in [6, 6.07) is 29.7. The number of pyridine rings is 1. The molecule has 0 saturated heterocycles. The van der Waals surface area contributed by atoms with Crippen molar-refractivity contribution in [1.29, 1.82) is 0 Å². The molecule has 0 fully saturated rings. The Morgan fingerprint density at radius 1 is 0.681 bits per heavy atom. The fraction of sp³-hybridized carbons (Fsp3) is 0.200. The van der Waals surface area contributed by atoms with Gasteiger partial charge in [0.25, 0.3) is 0 Å². The van der Waals surface area contributed by atoms with Gasteiger partial charge in [0.2, 0.25) is 0 Å². The zero-order chi connectivity index (χ0) is 51.6. The first-order valence-corrected chi connectivity index (χ1v) is 24.2. The number of benzene rings is 3. The van der Waals surface area contributed by atoms with E-state index in [1.807, 2.05) is 141 Å². The van der Waals surface area contributed by atoms with Crippen LogP contribution in [-0.2, 0) is 0 Å². The summed E-state index contributed by atoms with van der Waals surface area (Å²) in [5, 5.41) is 1.10. The van der Waals surface area contributed by atoms with Crippen molar-refractivity contribution in [2.45, 2.75) is 83.1 Å². The van der Waals surface area contributed by atoms with Gasteiger partial charge in [-0.15, -0.1) is 6.58 Å². The molecule has 0 spiro atoms. The Kier molecular flexibility index (Phi) is 29.9. The van der Waals surface area contributed by atoms with E-state index in [0.717, 1.165) is 84.0 Å². The molecule has 0 amide bonds. The van der Waals surface area contributed by atoms with Crippen molar-refractivity contribution in [2.24, 2.45) is 4.99 Å². The molecule has 3 aromatic carbocycles. The highest BCUT2D eigenvalue weighted by Gasteiger charge is 2.18. The van der Waals surface area contributed by atoms with Crippen molar-refractivity contribution in [2.75, 3.05) is 11.4 Å². The molecule has 0 atom stereocenters. The first-order valence-electron chi connectivity index (χ1n) is 24.2. The van der Waals surface area contributed by atoms with Crippen LogP contribution in [0.3, 0.4) is 0 Å². The maximum Gasteiger partial charge on any atom is 0.142 e. The van der Waals surface area contributed by atoms with E-state index in [9.17, 15) is 0 Å². The van der Waals surface area contributed by atoms with Crippen LogP contribution in [-0.4, -0.2) is 22.3 Å². The van der Waals surface area contributed by atoms with Gasteiger partial charge in [0.1, 0.15) is 11.6 Å². The Hall–Kier alpha value is -7.56. The van der Waals surface area contributed by atoms with Gasteiger partial charge in [0, 0.05) is 41.2 Å². The van der Waals surface area contributed by atoms with E-state index in [4.69, 9.17) is 9.98 Å². The predicted octanol–water partition coefficient (Wildman–Crippen LogP) is 19.6. The number of rotatable bonds is 18. The molecule has 0 aliphatic heterocycles. The summed E-state index contributed by atoms with van der Waals surface area (Å²) >= 11 is 0. The molecule has 0 N–H and O–H groups in total. The summed E-state index contributed by atoms with van der Waals surface area (Å²) in [5.74, 6) is 1.54. The van der Waals surface area contributed by atoms with Crippen LogP contribution in [0.2, 0.25) is 0 Å². The predicted molar refractivity (Wildman–Crippen MR) is 315 cm³/mol. The topological polar surface area (TPSA) is 33.4 Å². The van der Waals surface area contributed by atoms with Crippen molar-refractivity contribution < 1.29 is 0 Å². The van der Waals surface area contributed by atoms with Gasteiger partial charge in [-0.2, -0.15) is 0 Å². The first kappa shape index (κ1) is 59.5. The summed E-state index contributed by atoms with van der Waals surface area (Å²) in [6.07, 6.45) is 35.3. The van der Waals surface area contributed by atoms with E-state index in [-0.39, 0.29) is 0 Å². The van der Waals surface area contributed by atoms with Crippen molar-refractivity contribution in [3.8, 4) is 16.9 Å². The summed E-state index contributed by atoms with van der Waals surface area (Å²) in [5.41, 5.74) is 12.0. The lowest BCUT2D eigenvalue weighted by Crippen LogP contribution is -2.17. The van der Waals surface area contributed by atoms with Crippen molar-refractivity contribution in [3.05, 3.63) is 249 Å². The van der Waals surface area contributed by atoms with E-state index >= 15 is 0 Å². The van der Waals surface area contributed by atoms with Gasteiger partial charge in [-0.25, -0.2) is 9.98 Å². The molecule has 0 bridgehead atoms. The molecule has 0 saturated carbocycles. The van der Waals surface area contributed by atoms with Gasteiger partial charge >= 0.3 is 0 Å². The number of aliphatic imine (C=N–C) groups is 1. The summed E-state index contributed by atoms with van der Waals surface area (Å²) in [6.45, 7) is 45.0. The Morgan fingerprint density at radius 3 is 1.96 bits per heavy atom. The second-order valence-corrected chi connectivity index (χ2v) is 14.6. The van der Waals surface area contributed by atoms with Crippen molar-refractivity contribution in [1.82, 2.24) is 9.55 Å². The quantitative estimate of drug-likeness (QED) is 0.0498. The molecule has 0 radical (unpaired) electrons. The van der Waals surface area contributed by atoms with Gasteiger partial charge in [0.15, 0.2) is 0 Å². The van der Waals surface area contributed by atoms with Gasteiger partial charge in [-0.1, -0.05) is 214 Å². The maximum atomic E-state index is 5.30. The number of fused-ring (bicyclic) bond motifs is 1. The average molecular weight is 917 g/mol. The minimum Gasteiger partial charge on any atom is -0.343 e. The van der Waals surface area contributed by atoms with E-state index < -0.39 is 0 Å². The zero-order valence-electron chi connectivity index (χ0n) is 44.0. The Balaban J connectivity index is 0.00000220. The minimum atomic E-state index is 0.559. The summed E-state index contributed by atoms with van der Waals surface area (Å²) in [4.78, 5) is 12.7. The molecular formula is C65H80N4. The highest BCUT2D eigenvalue weighted by Crippen LogP contribution is 2.36. The highest BCUT2D eigenvalue weighted by molar-refractivity contribution is 5.94. The second kappa shape index (κ2) is 34.7. The number of nitrogens with zero attached hydrogens (tertiary/aromatic N) is 4. The second-order valence-electron chi connectivity index (χ2n) is 14.6. The third-order valence-corrected chi connectivity index (χ3v) is 10.0. The monoisotopic (exact) mass is 917 g/mol. The number of anilines is 1. The first-order chi connectivity index (χ1) is 33.6. The third-order valence-electron chi connectivity index (χ3n) is 10.0. The van der Waals surface area contributed by atoms with Crippen molar-refractivity contribution in [3.63, 3.8) is 0 Å². The fourth-order valence-corrected chi connectivity index (χ4v) is 6.64. The lowest BCUT2D eigenvalue weighted by molar-refractivity contribution is 1.02. The Bertz CT molecular complexity index is 2670. The fourth-order valence-electron chi connectivity index (χ4n) is 6.64. The molecule has 0 aliphatic rings. The molecule has 360 valence electrons. The molecule has 69 heavy (non-hydrogen) atoms. The number of allylic oxidation sites excluding steroid dienone is 18. The minimum absolute atomic E-state index is 0.559. The smallest absolute Gasteiger partial charge is 0.142 e. The van der Waals surface area contributed by atoms with Gasteiger partial charge in [0.05, 0.1) is 11.2 Å². The highest BCUT2D eigenvalue weighted by atomic mass is 15.1. The molecule has 4 nitrogen and oxygen atoms in total. The van der Waals surface area contributed by atoms with E-state index in [1.165, 1.54) is 0 Å². The normalized spacial score (nSPS) is 11.7. The average Bonchev–Trinajstić information content (AvgIpc) is 3.68. The lowest BCUT2D eigenvalue weighted by atomic mass is 10.0. The van der Waals surface area contributed by atoms with E-state index in [1.54, 1.807) is 18.2 Å². The molecule has 2 aromatic heterocycles. The van der Waals surface area contributed by atoms with Crippen LogP contribution in [0, 0.1) is 6.92 Å². The molecule has 5 aromatic rings. The number of aromatic nitrogens is 2. The van der Waals surface area contributed by atoms with Crippen LogP contribution in [0.1, 0.15) is 98.5 Å². The Labute approximate surface area is 418 Å². The van der Waals surface area contributed by atoms with Crippen LogP contribution >= 0.6 is 0 Å². The van der Waals surface area contributed by atoms with Gasteiger partial charge in [-0.3, -0.25) is 4.57 Å². The number of hydrogen-bond donors (Lipinski definition) is 0. The maximum absolute atomic E-state index is 5.30. The number of aryl methyl sites for hydroxylation is 1. The van der Waals surface area contributed by atoms with Crippen LogP contribution in [0.15, 0.2) is 231 Å². The number of para-hydroxylation sites is 1. The van der Waals surface area contributed by atoms with Crippen LogP contribution in [0.25, 0.3) is 45.1 Å². The molecule has 0 aliphatic carbocycles. The zero-order valence-corrected chi connectivity index (χ0v) is 44.0. The largest absolute Gasteiger partial charge is 0.343 e. The van der Waals surface area contributed by atoms with Crippen molar-refractivity contribution >= 4 is 45.8 Å². The summed E-state index contributed by atoms with van der Waals surface area (Å²) in [7, 11) is 0. The standard InChI is InChI=1S/C55H54N4.C4H8.3C2H6/c1-10-15-17-20-28-45-34-48(46-29-21-18-22-30-46)36-50(35-45)58(33-14-5)40-49(41(6)25-12-3)39-56-55-44(9)51-31-23-24-32-53(51)59(55)54-38-47(42(7)27-19-16-11-2)37-52(57-54)43(8)26-13-4;1-3-4-2;3*1-2/h10-32,34-40H,1-2,4-6,33H2,3,7-9H3;3-4H,1-2H3;3*1-2H3/b17-15-,19-16-,25-12-,28-20+,42-27+,43-26+,49-40-,56-39-;4-3-;;;. The molecule has 4 heteroatoms. The summed E-state index contributed by atoms with van der Waals surface area (Å²) < 4.78 is 2.16.